The van der Waals surface area contributed by atoms with Crippen molar-refractivity contribution in [1.29, 1.82) is 0 Å². The summed E-state index contributed by atoms with van der Waals surface area (Å²) in [4.78, 5) is 6.70. The van der Waals surface area contributed by atoms with Gasteiger partial charge in [-0.3, -0.25) is 4.98 Å². The Morgan fingerprint density at radius 2 is 1.79 bits per heavy atom. The van der Waals surface area contributed by atoms with Crippen LogP contribution in [0.25, 0.3) is 11.3 Å². The van der Waals surface area contributed by atoms with E-state index in [0.29, 0.717) is 26.8 Å². The van der Waals surface area contributed by atoms with Crippen molar-refractivity contribution >= 4 is 46.2 Å². The highest BCUT2D eigenvalue weighted by atomic mass is 35.5. The SMILES string of the molecule is CC(C)c1ccc(N2C(=S)N[C@H](c3ccccn3)[C@@H]2c2ccc(-c3ccc(Cl)cc3Cl)o2)cc1. The second-order valence-electron chi connectivity index (χ2n) is 8.57. The van der Waals surface area contributed by atoms with E-state index in [1.54, 1.807) is 18.3 Å². The lowest BCUT2D eigenvalue weighted by molar-refractivity contribution is 0.439. The molecular weight excluding hydrogens is 485 g/mol. The molecule has 1 fully saturated rings. The molecule has 0 aliphatic carbocycles. The van der Waals surface area contributed by atoms with E-state index in [0.717, 1.165) is 22.7 Å². The number of pyridine rings is 1. The summed E-state index contributed by atoms with van der Waals surface area (Å²) in [5.41, 5.74) is 3.94. The molecule has 1 aliphatic rings. The Labute approximate surface area is 214 Å². The average molecular weight is 508 g/mol. The molecule has 0 saturated carbocycles. The van der Waals surface area contributed by atoms with Gasteiger partial charge in [0, 0.05) is 22.5 Å². The highest BCUT2D eigenvalue weighted by Gasteiger charge is 2.42. The quantitative estimate of drug-likeness (QED) is 0.277. The lowest BCUT2D eigenvalue weighted by Gasteiger charge is -2.26. The molecule has 4 nitrogen and oxygen atoms in total. The Kier molecular flexibility index (Phi) is 6.34. The van der Waals surface area contributed by atoms with Gasteiger partial charge >= 0.3 is 0 Å². The van der Waals surface area contributed by atoms with E-state index < -0.39 is 0 Å². The second kappa shape index (κ2) is 9.41. The summed E-state index contributed by atoms with van der Waals surface area (Å²) in [6.07, 6.45) is 1.79. The number of hydrogen-bond acceptors (Lipinski definition) is 3. The van der Waals surface area contributed by atoms with Crippen molar-refractivity contribution < 1.29 is 4.42 Å². The first kappa shape index (κ1) is 22.9. The summed E-state index contributed by atoms with van der Waals surface area (Å²) in [5, 5.41) is 5.21. The lowest BCUT2D eigenvalue weighted by Crippen LogP contribution is -2.29. The number of furan rings is 1. The topological polar surface area (TPSA) is 41.3 Å². The Balaban J connectivity index is 1.58. The first-order chi connectivity index (χ1) is 16.4. The van der Waals surface area contributed by atoms with E-state index in [-0.39, 0.29) is 12.1 Å². The molecule has 2 aromatic carbocycles. The Hall–Kier alpha value is -2.86. The minimum atomic E-state index is -0.230. The highest BCUT2D eigenvalue weighted by Crippen LogP contribution is 2.43. The fourth-order valence-corrected chi connectivity index (χ4v) is 5.14. The minimum absolute atomic E-state index is 0.182. The molecule has 34 heavy (non-hydrogen) atoms. The Bertz CT molecular complexity index is 1320. The Morgan fingerprint density at radius 3 is 2.47 bits per heavy atom. The molecule has 1 N–H and O–H groups in total. The van der Waals surface area contributed by atoms with Crippen LogP contribution in [0.3, 0.4) is 0 Å². The number of benzene rings is 2. The summed E-state index contributed by atoms with van der Waals surface area (Å²) in [7, 11) is 0. The van der Waals surface area contributed by atoms with E-state index in [9.17, 15) is 0 Å². The van der Waals surface area contributed by atoms with Crippen LogP contribution in [0.2, 0.25) is 10.0 Å². The smallest absolute Gasteiger partial charge is 0.174 e. The third kappa shape index (κ3) is 4.31. The fourth-order valence-electron chi connectivity index (χ4n) is 4.29. The van der Waals surface area contributed by atoms with Gasteiger partial charge in [-0.2, -0.15) is 0 Å². The van der Waals surface area contributed by atoms with E-state index >= 15 is 0 Å². The van der Waals surface area contributed by atoms with Gasteiger partial charge in [0.05, 0.1) is 16.8 Å². The van der Waals surface area contributed by atoms with Crippen LogP contribution in [0.4, 0.5) is 5.69 Å². The molecule has 1 aliphatic heterocycles. The van der Waals surface area contributed by atoms with Gasteiger partial charge in [-0.15, -0.1) is 0 Å². The maximum Gasteiger partial charge on any atom is 0.174 e. The monoisotopic (exact) mass is 507 g/mol. The van der Waals surface area contributed by atoms with E-state index in [4.69, 9.17) is 39.8 Å². The van der Waals surface area contributed by atoms with Crippen molar-refractivity contribution in [3.63, 3.8) is 0 Å². The first-order valence-electron chi connectivity index (χ1n) is 11.1. The fraction of sp³-hybridized carbons (Fsp3) is 0.185. The van der Waals surface area contributed by atoms with Crippen LogP contribution < -0.4 is 10.2 Å². The zero-order valence-electron chi connectivity index (χ0n) is 18.7. The van der Waals surface area contributed by atoms with E-state index in [2.05, 4.69) is 53.3 Å². The molecule has 2 atom stereocenters. The van der Waals surface area contributed by atoms with Crippen molar-refractivity contribution in [3.8, 4) is 11.3 Å². The predicted octanol–water partition coefficient (Wildman–Crippen LogP) is 7.95. The summed E-state index contributed by atoms with van der Waals surface area (Å²) in [6.45, 7) is 4.37. The largest absolute Gasteiger partial charge is 0.459 e. The Morgan fingerprint density at radius 1 is 1.00 bits per heavy atom. The highest BCUT2D eigenvalue weighted by molar-refractivity contribution is 7.80. The summed E-state index contributed by atoms with van der Waals surface area (Å²) >= 11 is 18.3. The van der Waals surface area contributed by atoms with E-state index in [1.807, 2.05) is 36.4 Å². The van der Waals surface area contributed by atoms with Crippen molar-refractivity contribution in [3.05, 3.63) is 106 Å². The molecular formula is C27H23Cl2N3OS. The van der Waals surface area contributed by atoms with Crippen LogP contribution in [0.1, 0.15) is 48.9 Å². The number of aromatic nitrogens is 1. The summed E-state index contributed by atoms with van der Waals surface area (Å²) < 4.78 is 6.39. The van der Waals surface area contributed by atoms with Crippen LogP contribution in [0.5, 0.6) is 0 Å². The maximum atomic E-state index is 6.45. The zero-order valence-corrected chi connectivity index (χ0v) is 21.0. The molecule has 172 valence electrons. The van der Waals surface area contributed by atoms with Crippen molar-refractivity contribution in [2.24, 2.45) is 0 Å². The van der Waals surface area contributed by atoms with Crippen LogP contribution in [0.15, 0.2) is 83.4 Å². The van der Waals surface area contributed by atoms with Gasteiger partial charge in [0.25, 0.3) is 0 Å². The number of hydrogen-bond donors (Lipinski definition) is 1. The summed E-state index contributed by atoms with van der Waals surface area (Å²) in [6, 6.07) is 23.3. The third-order valence-electron chi connectivity index (χ3n) is 6.05. The van der Waals surface area contributed by atoms with Crippen LogP contribution in [-0.2, 0) is 0 Å². The molecule has 2 aromatic heterocycles. The van der Waals surface area contributed by atoms with Gasteiger partial charge in [0.15, 0.2) is 5.11 Å². The number of anilines is 1. The van der Waals surface area contributed by atoms with Gasteiger partial charge in [-0.05, 0) is 78.3 Å². The van der Waals surface area contributed by atoms with Crippen LogP contribution in [0, 0.1) is 0 Å². The van der Waals surface area contributed by atoms with Gasteiger partial charge in [-0.25, -0.2) is 0 Å². The first-order valence-corrected chi connectivity index (χ1v) is 12.2. The van der Waals surface area contributed by atoms with Gasteiger partial charge in [-0.1, -0.05) is 55.2 Å². The van der Waals surface area contributed by atoms with Gasteiger partial charge < -0.3 is 14.6 Å². The molecule has 0 radical (unpaired) electrons. The third-order valence-corrected chi connectivity index (χ3v) is 6.91. The maximum absolute atomic E-state index is 6.45. The standard InChI is InChI=1S/C27H23Cl2N3OS/c1-16(2)17-6-9-19(10-7-17)32-26(25(31-27(32)34)22-5-3-4-14-30-22)24-13-12-23(33-24)20-11-8-18(28)15-21(20)29/h3-16,25-26H,1-2H3,(H,31,34)/t25-,26+/m1/s1. The zero-order chi connectivity index (χ0) is 23.8. The molecule has 3 heterocycles. The van der Waals surface area contributed by atoms with Crippen molar-refractivity contribution in [2.45, 2.75) is 31.8 Å². The lowest BCUT2D eigenvalue weighted by atomic mass is 10.0. The van der Waals surface area contributed by atoms with Crippen molar-refractivity contribution in [1.82, 2.24) is 10.3 Å². The minimum Gasteiger partial charge on any atom is -0.459 e. The second-order valence-corrected chi connectivity index (χ2v) is 9.80. The molecule has 5 rings (SSSR count). The van der Waals surface area contributed by atoms with E-state index in [1.165, 1.54) is 5.56 Å². The molecule has 1 saturated heterocycles. The number of nitrogens with one attached hydrogen (secondary N) is 1. The van der Waals surface area contributed by atoms with Crippen LogP contribution in [-0.4, -0.2) is 10.1 Å². The molecule has 7 heteroatoms. The van der Waals surface area contributed by atoms with Crippen LogP contribution >= 0.6 is 35.4 Å². The molecule has 0 bridgehead atoms. The predicted molar refractivity (Wildman–Crippen MR) is 143 cm³/mol. The molecule has 0 unspecified atom stereocenters. The van der Waals surface area contributed by atoms with Gasteiger partial charge in [0.2, 0.25) is 0 Å². The number of nitrogens with zero attached hydrogens (tertiary/aromatic N) is 2. The average Bonchev–Trinajstić information content (AvgIpc) is 3.44. The number of rotatable bonds is 5. The molecule has 4 aromatic rings. The van der Waals surface area contributed by atoms with Gasteiger partial charge in [0.1, 0.15) is 17.6 Å². The summed E-state index contributed by atoms with van der Waals surface area (Å²) in [5.74, 6) is 1.88. The number of halogens is 2. The van der Waals surface area contributed by atoms with Crippen molar-refractivity contribution in [2.75, 3.05) is 4.90 Å². The molecule has 0 amide bonds. The normalized spacial score (nSPS) is 17.9. The number of thiocarbonyl (C=S) groups is 1. The molecule has 0 spiro atoms.